The van der Waals surface area contributed by atoms with Gasteiger partial charge in [-0.2, -0.15) is 8.78 Å². The summed E-state index contributed by atoms with van der Waals surface area (Å²) in [6.45, 7) is -1.23. The predicted molar refractivity (Wildman–Crippen MR) is 122 cm³/mol. The third-order valence-electron chi connectivity index (χ3n) is 6.51. The molecule has 33 heavy (non-hydrogen) atoms. The second-order valence-electron chi connectivity index (χ2n) is 9.08. The zero-order valence-corrected chi connectivity index (χ0v) is 18.6. The van der Waals surface area contributed by atoms with Crippen LogP contribution in [0.3, 0.4) is 0 Å². The number of hydrogen-bond acceptors (Lipinski definition) is 4. The van der Waals surface area contributed by atoms with Crippen LogP contribution in [0.1, 0.15) is 55.2 Å². The number of likely N-dealkylation sites (N-methyl/N-ethyl adjacent to an activating group) is 1. The van der Waals surface area contributed by atoms with Gasteiger partial charge < -0.3 is 10.5 Å². The average Bonchev–Trinajstić information content (AvgIpc) is 3.70. The Balaban J connectivity index is 1.68. The fraction of sp³-hybridized carbons (Fsp3) is 0.385. The predicted octanol–water partition coefficient (Wildman–Crippen LogP) is 4.60. The lowest BCUT2D eigenvalue weighted by atomic mass is 9.81. The van der Waals surface area contributed by atoms with E-state index in [1.54, 1.807) is 20.0 Å². The molecule has 2 aromatic rings. The van der Waals surface area contributed by atoms with Crippen molar-refractivity contribution >= 4 is 11.9 Å². The molecule has 3 aliphatic rings. The first-order valence-corrected chi connectivity index (χ1v) is 11.2. The number of ether oxygens (including phenoxy) is 1. The van der Waals surface area contributed by atoms with E-state index in [1.807, 2.05) is 24.3 Å². The molecule has 2 saturated carbocycles. The molecule has 170 valence electrons. The summed E-state index contributed by atoms with van der Waals surface area (Å²) in [4.78, 5) is 19.0. The summed E-state index contributed by atoms with van der Waals surface area (Å²) in [5, 5.41) is 0. The Hall–Kier alpha value is -3.40. The van der Waals surface area contributed by atoms with E-state index in [0.717, 1.165) is 36.8 Å². The maximum atomic E-state index is 13.2. The Labute approximate surface area is 191 Å². The van der Waals surface area contributed by atoms with Gasteiger partial charge in [-0.25, -0.2) is 4.99 Å². The standard InChI is InChI=1S/C26H25F2N3O2/c1-26(23(32)31(2)25(29)30-26)19-13-14-20(33-24(27)28)22(18-11-12-18)21(19)17-9-7-16(8-10-17)6-5-15-3-4-15/h7-10,13-15,18,24H,3-4,11-12H2,1-2H3,(H2,29,30). The van der Waals surface area contributed by atoms with Crippen LogP contribution in [0.2, 0.25) is 0 Å². The monoisotopic (exact) mass is 449 g/mol. The summed E-state index contributed by atoms with van der Waals surface area (Å²) in [5.41, 5.74) is 8.45. The Bertz CT molecular complexity index is 1200. The van der Waals surface area contributed by atoms with E-state index in [2.05, 4.69) is 16.8 Å². The minimum atomic E-state index is -2.94. The van der Waals surface area contributed by atoms with Gasteiger partial charge in [0.05, 0.1) is 0 Å². The van der Waals surface area contributed by atoms with E-state index in [0.29, 0.717) is 22.6 Å². The number of nitrogens with two attached hydrogens (primary N) is 1. The van der Waals surface area contributed by atoms with Gasteiger partial charge in [-0.05, 0) is 73.4 Å². The highest BCUT2D eigenvalue weighted by molar-refractivity contribution is 6.07. The molecular weight excluding hydrogens is 424 g/mol. The minimum absolute atomic E-state index is 0.0854. The van der Waals surface area contributed by atoms with E-state index in [1.165, 1.54) is 11.0 Å². The maximum Gasteiger partial charge on any atom is 0.387 e. The molecule has 2 N–H and O–H groups in total. The van der Waals surface area contributed by atoms with Gasteiger partial charge in [-0.1, -0.05) is 30.0 Å². The lowest BCUT2D eigenvalue weighted by molar-refractivity contribution is -0.130. The first kappa shape index (κ1) is 21.4. The molecule has 2 aliphatic carbocycles. The van der Waals surface area contributed by atoms with E-state index in [4.69, 9.17) is 10.5 Å². The summed E-state index contributed by atoms with van der Waals surface area (Å²) in [7, 11) is 1.58. The quantitative estimate of drug-likeness (QED) is 0.679. The van der Waals surface area contributed by atoms with Gasteiger partial charge in [0, 0.05) is 24.1 Å². The molecule has 1 heterocycles. The second-order valence-corrected chi connectivity index (χ2v) is 9.08. The van der Waals surface area contributed by atoms with Crippen molar-refractivity contribution in [3.63, 3.8) is 0 Å². The average molecular weight is 450 g/mol. The van der Waals surface area contributed by atoms with Crippen LogP contribution in [0.5, 0.6) is 5.75 Å². The lowest BCUT2D eigenvalue weighted by Gasteiger charge is -2.27. The molecule has 0 aromatic heterocycles. The van der Waals surface area contributed by atoms with Gasteiger partial charge in [-0.15, -0.1) is 0 Å². The van der Waals surface area contributed by atoms with Crippen molar-refractivity contribution in [2.24, 2.45) is 16.6 Å². The lowest BCUT2D eigenvalue weighted by Crippen LogP contribution is -2.39. The molecule has 0 saturated heterocycles. The molecule has 1 atom stereocenters. The fourth-order valence-electron chi connectivity index (χ4n) is 4.38. The molecule has 0 radical (unpaired) electrons. The van der Waals surface area contributed by atoms with Crippen LogP contribution in [0.15, 0.2) is 41.4 Å². The zero-order valence-electron chi connectivity index (χ0n) is 18.6. The Kier molecular flexibility index (Phi) is 5.12. The number of halogens is 2. The van der Waals surface area contributed by atoms with Gasteiger partial charge in [-0.3, -0.25) is 9.69 Å². The summed E-state index contributed by atoms with van der Waals surface area (Å²) in [5.74, 6) is 7.02. The SMILES string of the molecule is CN1C(=O)C(C)(c2ccc(OC(F)F)c(C3CC3)c2-c2ccc(C#CC3CC3)cc2)N=C1N. The Morgan fingerprint density at radius 1 is 1.15 bits per heavy atom. The van der Waals surface area contributed by atoms with Crippen molar-refractivity contribution in [3.05, 3.63) is 53.1 Å². The van der Waals surface area contributed by atoms with Gasteiger partial charge >= 0.3 is 6.61 Å². The first-order valence-electron chi connectivity index (χ1n) is 11.2. The molecule has 1 aliphatic heterocycles. The number of benzene rings is 2. The van der Waals surface area contributed by atoms with Crippen LogP contribution < -0.4 is 10.5 Å². The highest BCUT2D eigenvalue weighted by Crippen LogP contribution is 2.52. The number of aliphatic imine (C=N–C) groups is 1. The molecule has 5 nitrogen and oxygen atoms in total. The van der Waals surface area contributed by atoms with Gasteiger partial charge in [0.15, 0.2) is 11.5 Å². The van der Waals surface area contributed by atoms with Crippen molar-refractivity contribution in [2.75, 3.05) is 7.05 Å². The number of rotatable bonds is 5. The minimum Gasteiger partial charge on any atom is -0.435 e. The number of hydrogen-bond donors (Lipinski definition) is 1. The first-order chi connectivity index (χ1) is 15.8. The van der Waals surface area contributed by atoms with Gasteiger partial charge in [0.1, 0.15) is 5.75 Å². The number of nitrogens with zero attached hydrogens (tertiary/aromatic N) is 2. The maximum absolute atomic E-state index is 13.2. The molecule has 7 heteroatoms. The third kappa shape index (κ3) is 3.95. The normalized spacial score (nSPS) is 22.3. The summed E-state index contributed by atoms with van der Waals surface area (Å²) < 4.78 is 31.4. The van der Waals surface area contributed by atoms with Crippen LogP contribution >= 0.6 is 0 Å². The molecule has 1 amide bonds. The number of carbonyl (C=O) groups excluding carboxylic acids is 1. The van der Waals surface area contributed by atoms with Crippen LogP contribution in [0.25, 0.3) is 11.1 Å². The fourth-order valence-corrected chi connectivity index (χ4v) is 4.38. The highest BCUT2D eigenvalue weighted by atomic mass is 19.3. The van der Waals surface area contributed by atoms with Crippen molar-refractivity contribution in [2.45, 2.75) is 50.7 Å². The summed E-state index contributed by atoms with van der Waals surface area (Å²) >= 11 is 0. The molecular formula is C26H25F2N3O2. The topological polar surface area (TPSA) is 67.9 Å². The molecule has 2 fully saturated rings. The smallest absolute Gasteiger partial charge is 0.387 e. The summed E-state index contributed by atoms with van der Waals surface area (Å²) in [6.07, 6.45) is 4.05. The van der Waals surface area contributed by atoms with E-state index < -0.39 is 12.2 Å². The molecule has 0 spiro atoms. The van der Waals surface area contributed by atoms with Crippen LogP contribution in [-0.4, -0.2) is 30.4 Å². The molecule has 2 aromatic carbocycles. The zero-order chi connectivity index (χ0) is 23.3. The number of alkyl halides is 2. The molecule has 1 unspecified atom stereocenters. The molecule has 5 rings (SSSR count). The van der Waals surface area contributed by atoms with E-state index >= 15 is 0 Å². The number of amides is 1. The third-order valence-corrected chi connectivity index (χ3v) is 6.51. The van der Waals surface area contributed by atoms with Crippen molar-refractivity contribution in [1.29, 1.82) is 0 Å². The van der Waals surface area contributed by atoms with Gasteiger partial charge in [0.25, 0.3) is 5.91 Å². The van der Waals surface area contributed by atoms with Gasteiger partial charge in [0.2, 0.25) is 0 Å². The number of guanidine groups is 1. The van der Waals surface area contributed by atoms with Crippen molar-refractivity contribution in [1.82, 2.24) is 4.90 Å². The molecule has 0 bridgehead atoms. The van der Waals surface area contributed by atoms with Crippen LogP contribution in [0, 0.1) is 17.8 Å². The summed E-state index contributed by atoms with van der Waals surface area (Å²) in [6, 6.07) is 10.9. The second kappa shape index (κ2) is 7.87. The van der Waals surface area contributed by atoms with Crippen molar-refractivity contribution < 1.29 is 18.3 Å². The highest BCUT2D eigenvalue weighted by Gasteiger charge is 2.46. The van der Waals surface area contributed by atoms with E-state index in [9.17, 15) is 13.6 Å². The van der Waals surface area contributed by atoms with Crippen molar-refractivity contribution in [3.8, 4) is 28.7 Å². The Morgan fingerprint density at radius 2 is 1.85 bits per heavy atom. The van der Waals surface area contributed by atoms with Crippen LogP contribution in [-0.2, 0) is 10.3 Å². The van der Waals surface area contributed by atoms with Crippen LogP contribution in [0.4, 0.5) is 8.78 Å². The number of carbonyl (C=O) groups is 1. The Morgan fingerprint density at radius 3 is 2.39 bits per heavy atom. The van der Waals surface area contributed by atoms with E-state index in [-0.39, 0.29) is 23.5 Å². The largest absolute Gasteiger partial charge is 0.435 e.